The van der Waals surface area contributed by atoms with Crippen LogP contribution in [-0.4, -0.2) is 46.0 Å². The lowest BCUT2D eigenvalue weighted by molar-refractivity contribution is -0.141. The number of carbonyl (C=O) groups is 3. The largest absolute Gasteiger partial charge is 0.481 e. The first kappa shape index (κ1) is 24.0. The van der Waals surface area contributed by atoms with E-state index in [1.165, 1.54) is 10.9 Å². The molecule has 35 heavy (non-hydrogen) atoms. The van der Waals surface area contributed by atoms with E-state index in [1.807, 2.05) is 43.3 Å². The number of fused-ring (bicyclic) bond motifs is 3. The Morgan fingerprint density at radius 3 is 2.31 bits per heavy atom. The number of benzene rings is 2. The maximum absolute atomic E-state index is 12.7. The van der Waals surface area contributed by atoms with Gasteiger partial charge in [-0.25, -0.2) is 4.79 Å². The summed E-state index contributed by atoms with van der Waals surface area (Å²) in [4.78, 5) is 36.7. The predicted molar refractivity (Wildman–Crippen MR) is 130 cm³/mol. The third kappa shape index (κ3) is 5.03. The lowest BCUT2D eigenvalue weighted by Gasteiger charge is -2.15. The Labute approximate surface area is 203 Å². The highest BCUT2D eigenvalue weighted by atomic mass is 16.5. The quantitative estimate of drug-likeness (QED) is 0.429. The topological polar surface area (TPSA) is 123 Å². The molecule has 2 aromatic carbocycles. The van der Waals surface area contributed by atoms with Crippen LogP contribution in [0.3, 0.4) is 0 Å². The molecule has 1 atom stereocenters. The molecular weight excluding hydrogens is 448 g/mol. The molecule has 0 fully saturated rings. The second-order valence-electron chi connectivity index (χ2n) is 8.51. The van der Waals surface area contributed by atoms with Crippen molar-refractivity contribution in [2.75, 3.05) is 18.5 Å². The third-order valence-corrected chi connectivity index (χ3v) is 6.24. The zero-order chi connectivity index (χ0) is 24.9. The number of aromatic nitrogens is 2. The van der Waals surface area contributed by atoms with Gasteiger partial charge in [0.05, 0.1) is 12.1 Å². The number of nitrogens with one attached hydrogen (secondary N) is 2. The molecule has 0 saturated heterocycles. The number of aryl methyl sites for hydroxylation is 1. The van der Waals surface area contributed by atoms with Crippen LogP contribution in [0.2, 0.25) is 0 Å². The molecule has 0 bridgehead atoms. The summed E-state index contributed by atoms with van der Waals surface area (Å²) in [5.41, 5.74) is 4.59. The first-order chi connectivity index (χ1) is 16.9. The zero-order valence-electron chi connectivity index (χ0n) is 19.7. The average molecular weight is 477 g/mol. The number of carboxylic acid groups (broad SMARTS) is 1. The maximum atomic E-state index is 12.7. The Bertz CT molecular complexity index is 1210. The SMILES string of the molecule is CCCC(CNC(=O)c1cnn(C)c1NC(=O)OCC1c2ccccc2-c2ccccc21)C(=O)O. The van der Waals surface area contributed by atoms with E-state index in [9.17, 15) is 19.5 Å². The van der Waals surface area contributed by atoms with Gasteiger partial charge in [0, 0.05) is 19.5 Å². The molecule has 3 N–H and O–H groups in total. The van der Waals surface area contributed by atoms with Crippen LogP contribution in [-0.2, 0) is 16.6 Å². The molecule has 0 radical (unpaired) electrons. The van der Waals surface area contributed by atoms with Crippen LogP contribution in [0.1, 0.15) is 47.2 Å². The van der Waals surface area contributed by atoms with Gasteiger partial charge in [-0.05, 0) is 28.7 Å². The Kier molecular flexibility index (Phi) is 7.14. The molecule has 1 aliphatic rings. The van der Waals surface area contributed by atoms with Gasteiger partial charge in [0.2, 0.25) is 0 Å². The van der Waals surface area contributed by atoms with Gasteiger partial charge in [-0.3, -0.25) is 19.6 Å². The van der Waals surface area contributed by atoms with Crippen LogP contribution in [0.4, 0.5) is 10.6 Å². The number of rotatable bonds is 9. The number of carbonyl (C=O) groups excluding carboxylic acids is 2. The van der Waals surface area contributed by atoms with Gasteiger partial charge < -0.3 is 15.2 Å². The van der Waals surface area contributed by atoms with Crippen molar-refractivity contribution in [1.29, 1.82) is 0 Å². The molecule has 1 unspecified atom stereocenters. The summed E-state index contributed by atoms with van der Waals surface area (Å²) in [6.45, 7) is 2.01. The molecular formula is C26H28N4O5. The van der Waals surface area contributed by atoms with Crippen molar-refractivity contribution < 1.29 is 24.2 Å². The Balaban J connectivity index is 1.41. The van der Waals surface area contributed by atoms with Gasteiger partial charge in [0.15, 0.2) is 0 Å². The number of hydrogen-bond donors (Lipinski definition) is 3. The summed E-state index contributed by atoms with van der Waals surface area (Å²) < 4.78 is 6.92. The monoisotopic (exact) mass is 476 g/mol. The first-order valence-electron chi connectivity index (χ1n) is 11.6. The second-order valence-corrected chi connectivity index (χ2v) is 8.51. The predicted octanol–water partition coefficient (Wildman–Crippen LogP) is 4.01. The fourth-order valence-electron chi connectivity index (χ4n) is 4.46. The number of hydrogen-bond acceptors (Lipinski definition) is 5. The normalized spacial score (nSPS) is 13.0. The van der Waals surface area contributed by atoms with Crippen LogP contribution in [0.5, 0.6) is 0 Å². The van der Waals surface area contributed by atoms with Crippen LogP contribution in [0.25, 0.3) is 11.1 Å². The highest BCUT2D eigenvalue weighted by Crippen LogP contribution is 2.44. The molecule has 2 amide bonds. The Morgan fingerprint density at radius 1 is 1.09 bits per heavy atom. The second kappa shape index (κ2) is 10.4. The van der Waals surface area contributed by atoms with E-state index in [0.717, 1.165) is 22.3 Å². The van der Waals surface area contributed by atoms with E-state index in [2.05, 4.69) is 27.9 Å². The minimum absolute atomic E-state index is 0.0126. The summed E-state index contributed by atoms with van der Waals surface area (Å²) in [6, 6.07) is 16.1. The van der Waals surface area contributed by atoms with E-state index in [1.54, 1.807) is 7.05 Å². The first-order valence-corrected chi connectivity index (χ1v) is 11.6. The number of carboxylic acids is 1. The summed E-state index contributed by atoms with van der Waals surface area (Å²) in [6.07, 6.45) is 1.75. The van der Waals surface area contributed by atoms with Crippen molar-refractivity contribution in [2.24, 2.45) is 13.0 Å². The van der Waals surface area contributed by atoms with Gasteiger partial charge >= 0.3 is 12.1 Å². The number of amides is 2. The van der Waals surface area contributed by atoms with E-state index < -0.39 is 23.9 Å². The van der Waals surface area contributed by atoms with Gasteiger partial charge in [-0.1, -0.05) is 61.9 Å². The molecule has 0 aliphatic heterocycles. The lowest BCUT2D eigenvalue weighted by Crippen LogP contribution is -2.33. The van der Waals surface area contributed by atoms with Gasteiger partial charge in [0.25, 0.3) is 5.91 Å². The van der Waals surface area contributed by atoms with E-state index >= 15 is 0 Å². The number of aliphatic carboxylic acids is 1. The molecule has 9 nitrogen and oxygen atoms in total. The summed E-state index contributed by atoms with van der Waals surface area (Å²) >= 11 is 0. The van der Waals surface area contributed by atoms with Crippen molar-refractivity contribution in [3.63, 3.8) is 0 Å². The molecule has 9 heteroatoms. The van der Waals surface area contributed by atoms with Crippen molar-refractivity contribution >= 4 is 23.8 Å². The minimum Gasteiger partial charge on any atom is -0.481 e. The highest BCUT2D eigenvalue weighted by molar-refractivity contribution is 6.01. The van der Waals surface area contributed by atoms with Gasteiger partial charge in [0.1, 0.15) is 18.0 Å². The fourth-order valence-corrected chi connectivity index (χ4v) is 4.46. The summed E-state index contributed by atoms with van der Waals surface area (Å²) in [5, 5.41) is 18.6. The van der Waals surface area contributed by atoms with Crippen LogP contribution < -0.4 is 10.6 Å². The smallest absolute Gasteiger partial charge is 0.412 e. The average Bonchev–Trinajstić information content (AvgIpc) is 3.37. The van der Waals surface area contributed by atoms with E-state index in [0.29, 0.717) is 12.8 Å². The number of ether oxygens (including phenoxy) is 1. The van der Waals surface area contributed by atoms with E-state index in [-0.39, 0.29) is 30.5 Å². The molecule has 1 aromatic heterocycles. The molecule has 4 rings (SSSR count). The third-order valence-electron chi connectivity index (χ3n) is 6.24. The van der Waals surface area contributed by atoms with Crippen molar-refractivity contribution in [1.82, 2.24) is 15.1 Å². The van der Waals surface area contributed by atoms with Crippen LogP contribution in [0, 0.1) is 5.92 Å². The lowest BCUT2D eigenvalue weighted by atomic mass is 9.98. The molecule has 0 saturated carbocycles. The Hall–Kier alpha value is -4.14. The fraction of sp³-hybridized carbons (Fsp3) is 0.308. The van der Waals surface area contributed by atoms with Crippen LogP contribution >= 0.6 is 0 Å². The standard InChI is InChI=1S/C26H28N4O5/c1-3-8-16(25(32)33)13-27-24(31)21-14-28-30(2)23(21)29-26(34)35-15-22-19-11-6-4-9-17(19)18-10-5-7-12-20(18)22/h4-7,9-12,14,16,22H,3,8,13,15H2,1-2H3,(H,27,31)(H,29,34)(H,32,33). The number of nitrogens with zero attached hydrogens (tertiary/aromatic N) is 2. The van der Waals surface area contributed by atoms with Crippen molar-refractivity contribution in [3.8, 4) is 11.1 Å². The minimum atomic E-state index is -0.963. The summed E-state index contributed by atoms with van der Waals surface area (Å²) in [5.74, 6) is -2.08. The van der Waals surface area contributed by atoms with E-state index in [4.69, 9.17) is 4.74 Å². The zero-order valence-corrected chi connectivity index (χ0v) is 19.7. The maximum Gasteiger partial charge on any atom is 0.412 e. The highest BCUT2D eigenvalue weighted by Gasteiger charge is 2.29. The van der Waals surface area contributed by atoms with Crippen molar-refractivity contribution in [3.05, 3.63) is 71.4 Å². The van der Waals surface area contributed by atoms with Crippen molar-refractivity contribution in [2.45, 2.75) is 25.7 Å². The molecule has 0 spiro atoms. The van der Waals surface area contributed by atoms with Gasteiger partial charge in [-0.2, -0.15) is 5.10 Å². The molecule has 1 aliphatic carbocycles. The molecule has 182 valence electrons. The molecule has 1 heterocycles. The van der Waals surface area contributed by atoms with Gasteiger partial charge in [-0.15, -0.1) is 0 Å². The summed E-state index contributed by atoms with van der Waals surface area (Å²) in [7, 11) is 1.59. The molecule has 3 aromatic rings. The Morgan fingerprint density at radius 2 is 1.71 bits per heavy atom. The van der Waals surface area contributed by atoms with Crippen LogP contribution in [0.15, 0.2) is 54.7 Å². The number of anilines is 1.